The molecule has 0 saturated carbocycles. The van der Waals surface area contributed by atoms with Gasteiger partial charge >= 0.3 is 0 Å². The van der Waals surface area contributed by atoms with Crippen molar-refractivity contribution < 1.29 is 4.74 Å². The van der Waals surface area contributed by atoms with Crippen molar-refractivity contribution in [3.05, 3.63) is 51.8 Å². The first-order valence-corrected chi connectivity index (χ1v) is 7.92. The number of aromatic nitrogens is 3. The van der Waals surface area contributed by atoms with Crippen LogP contribution in [0.2, 0.25) is 0 Å². The molecular weight excluding hydrogens is 292 g/mol. The van der Waals surface area contributed by atoms with Crippen LogP contribution in [0.3, 0.4) is 0 Å². The summed E-state index contributed by atoms with van der Waals surface area (Å²) in [6.45, 7) is 4.10. The molecule has 0 aliphatic carbocycles. The molecule has 0 unspecified atom stereocenters. The lowest BCUT2D eigenvalue weighted by atomic mass is 9.90. The number of aryl methyl sites for hydroxylation is 1. The van der Waals surface area contributed by atoms with Gasteiger partial charge in [-0.2, -0.15) is 0 Å². The van der Waals surface area contributed by atoms with Gasteiger partial charge in [0.05, 0.1) is 0 Å². The molecule has 6 nitrogen and oxygen atoms in total. The largest absolute Gasteiger partial charge is 0.377 e. The van der Waals surface area contributed by atoms with Crippen molar-refractivity contribution >= 4 is 5.82 Å². The number of pyridine rings is 1. The molecule has 1 aliphatic rings. The summed E-state index contributed by atoms with van der Waals surface area (Å²) in [5.74, 6) is 1.83. The minimum Gasteiger partial charge on any atom is -0.377 e. The Hall–Kier alpha value is -2.21. The van der Waals surface area contributed by atoms with Gasteiger partial charge in [0.2, 0.25) is 0 Å². The van der Waals surface area contributed by atoms with Gasteiger partial charge in [0, 0.05) is 38.2 Å². The van der Waals surface area contributed by atoms with E-state index in [4.69, 9.17) is 4.74 Å². The number of nitrogens with one attached hydrogen (secondary N) is 1. The zero-order valence-electron chi connectivity index (χ0n) is 13.6. The van der Waals surface area contributed by atoms with Gasteiger partial charge in [-0.25, -0.2) is 4.98 Å². The maximum atomic E-state index is 11.8. The second kappa shape index (κ2) is 6.91. The first kappa shape index (κ1) is 15.7. The zero-order valence-corrected chi connectivity index (χ0v) is 13.6. The number of aromatic amines is 1. The van der Waals surface area contributed by atoms with E-state index in [1.54, 1.807) is 13.2 Å². The van der Waals surface area contributed by atoms with Crippen LogP contribution in [0.1, 0.15) is 35.8 Å². The predicted octanol–water partition coefficient (Wildman–Crippen LogP) is 2.00. The summed E-state index contributed by atoms with van der Waals surface area (Å²) < 4.78 is 5.05. The molecule has 1 saturated heterocycles. The molecule has 122 valence electrons. The number of nitrogens with zero attached hydrogens (tertiary/aromatic N) is 3. The average molecular weight is 314 g/mol. The topological polar surface area (TPSA) is 71.1 Å². The highest BCUT2D eigenvalue weighted by Crippen LogP contribution is 2.29. The van der Waals surface area contributed by atoms with Crippen LogP contribution in [0.5, 0.6) is 0 Å². The average Bonchev–Trinajstić information content (AvgIpc) is 2.55. The fourth-order valence-corrected chi connectivity index (χ4v) is 3.02. The number of anilines is 1. The molecule has 1 N–H and O–H groups in total. The first-order valence-electron chi connectivity index (χ1n) is 7.92. The minimum atomic E-state index is -0.132. The lowest BCUT2D eigenvalue weighted by Gasteiger charge is -2.33. The van der Waals surface area contributed by atoms with E-state index in [0.717, 1.165) is 37.4 Å². The second-order valence-electron chi connectivity index (χ2n) is 5.98. The Morgan fingerprint density at radius 3 is 2.78 bits per heavy atom. The maximum absolute atomic E-state index is 11.8. The fraction of sp³-hybridized carbons (Fsp3) is 0.471. The smallest absolute Gasteiger partial charge is 0.253 e. The molecule has 0 aromatic carbocycles. The molecule has 0 amide bonds. The van der Waals surface area contributed by atoms with E-state index in [1.807, 2.05) is 13.1 Å². The Labute approximate surface area is 135 Å². The van der Waals surface area contributed by atoms with Crippen LogP contribution in [-0.2, 0) is 11.3 Å². The van der Waals surface area contributed by atoms with Crippen LogP contribution in [0, 0.1) is 6.92 Å². The number of hydrogen-bond acceptors (Lipinski definition) is 5. The van der Waals surface area contributed by atoms with Crippen molar-refractivity contribution in [1.82, 2.24) is 15.0 Å². The summed E-state index contributed by atoms with van der Waals surface area (Å²) in [7, 11) is 1.59. The van der Waals surface area contributed by atoms with E-state index in [2.05, 4.69) is 32.0 Å². The van der Waals surface area contributed by atoms with Crippen molar-refractivity contribution in [2.24, 2.45) is 0 Å². The monoisotopic (exact) mass is 314 g/mol. The van der Waals surface area contributed by atoms with E-state index >= 15 is 0 Å². The van der Waals surface area contributed by atoms with Crippen LogP contribution in [0.25, 0.3) is 0 Å². The molecule has 1 aliphatic heterocycles. The summed E-state index contributed by atoms with van der Waals surface area (Å²) in [5.41, 5.74) is 2.21. The van der Waals surface area contributed by atoms with Gasteiger partial charge in [-0.3, -0.25) is 9.78 Å². The van der Waals surface area contributed by atoms with Gasteiger partial charge in [0.15, 0.2) is 0 Å². The number of hydrogen-bond donors (Lipinski definition) is 1. The Morgan fingerprint density at radius 1 is 1.35 bits per heavy atom. The van der Waals surface area contributed by atoms with Crippen molar-refractivity contribution in [2.45, 2.75) is 32.3 Å². The Kier molecular flexibility index (Phi) is 4.71. The number of rotatable bonds is 4. The van der Waals surface area contributed by atoms with Crippen LogP contribution in [-0.4, -0.2) is 35.2 Å². The molecule has 1 fully saturated rings. The molecule has 2 aromatic heterocycles. The quantitative estimate of drug-likeness (QED) is 0.934. The Balaban J connectivity index is 1.69. The summed E-state index contributed by atoms with van der Waals surface area (Å²) >= 11 is 0. The first-order chi connectivity index (χ1) is 11.2. The molecule has 0 radical (unpaired) electrons. The molecule has 0 atom stereocenters. The number of H-pyrrole nitrogens is 1. The molecule has 3 rings (SSSR count). The Morgan fingerprint density at radius 2 is 2.13 bits per heavy atom. The van der Waals surface area contributed by atoms with Gasteiger partial charge in [0.1, 0.15) is 18.2 Å². The van der Waals surface area contributed by atoms with E-state index in [0.29, 0.717) is 18.3 Å². The number of piperidine rings is 1. The molecule has 6 heteroatoms. The van der Waals surface area contributed by atoms with Crippen LogP contribution < -0.4 is 10.5 Å². The lowest BCUT2D eigenvalue weighted by molar-refractivity contribution is 0.177. The van der Waals surface area contributed by atoms with Gasteiger partial charge in [-0.05, 0) is 37.3 Å². The summed E-state index contributed by atoms with van der Waals surface area (Å²) in [6, 6.07) is 5.80. The van der Waals surface area contributed by atoms with Gasteiger partial charge in [-0.15, -0.1) is 0 Å². The normalized spacial score (nSPS) is 15.8. The van der Waals surface area contributed by atoms with E-state index in [-0.39, 0.29) is 5.56 Å². The SMILES string of the molecule is COCc1nc(N2CCC(c3ccc(C)nc3)CC2)cc(=O)[nH]1. The molecular formula is C17H22N4O2. The van der Waals surface area contributed by atoms with Crippen LogP contribution in [0.15, 0.2) is 29.2 Å². The second-order valence-corrected chi connectivity index (χ2v) is 5.98. The van der Waals surface area contributed by atoms with Crippen molar-refractivity contribution in [1.29, 1.82) is 0 Å². The molecule has 2 aromatic rings. The van der Waals surface area contributed by atoms with E-state index in [9.17, 15) is 4.79 Å². The predicted molar refractivity (Wildman–Crippen MR) is 88.7 cm³/mol. The van der Waals surface area contributed by atoms with Crippen molar-refractivity contribution in [3.8, 4) is 0 Å². The summed E-state index contributed by atoms with van der Waals surface area (Å²) in [6.07, 6.45) is 4.06. The number of ether oxygens (including phenoxy) is 1. The van der Waals surface area contributed by atoms with Crippen LogP contribution in [0.4, 0.5) is 5.82 Å². The van der Waals surface area contributed by atoms with Crippen molar-refractivity contribution in [3.63, 3.8) is 0 Å². The van der Waals surface area contributed by atoms with E-state index < -0.39 is 0 Å². The summed E-state index contributed by atoms with van der Waals surface area (Å²) in [4.78, 5) is 25.5. The molecule has 23 heavy (non-hydrogen) atoms. The minimum absolute atomic E-state index is 0.132. The highest BCUT2D eigenvalue weighted by Gasteiger charge is 2.22. The van der Waals surface area contributed by atoms with E-state index in [1.165, 1.54) is 5.56 Å². The van der Waals surface area contributed by atoms with Gasteiger partial charge < -0.3 is 14.6 Å². The highest BCUT2D eigenvalue weighted by molar-refractivity contribution is 5.38. The summed E-state index contributed by atoms with van der Waals surface area (Å²) in [5, 5.41) is 0. The zero-order chi connectivity index (χ0) is 16.2. The molecule has 3 heterocycles. The number of methoxy groups -OCH3 is 1. The highest BCUT2D eigenvalue weighted by atomic mass is 16.5. The van der Waals surface area contributed by atoms with Gasteiger partial charge in [-0.1, -0.05) is 6.07 Å². The fourth-order valence-electron chi connectivity index (χ4n) is 3.02. The lowest BCUT2D eigenvalue weighted by Crippen LogP contribution is -2.34. The van der Waals surface area contributed by atoms with Crippen molar-refractivity contribution in [2.75, 3.05) is 25.1 Å². The Bertz CT molecular complexity index is 703. The third kappa shape index (κ3) is 3.76. The third-order valence-corrected chi connectivity index (χ3v) is 4.28. The van der Waals surface area contributed by atoms with Gasteiger partial charge in [0.25, 0.3) is 5.56 Å². The maximum Gasteiger partial charge on any atom is 0.253 e. The molecule has 0 bridgehead atoms. The van der Waals surface area contributed by atoms with Crippen LogP contribution >= 0.6 is 0 Å². The standard InChI is InChI=1S/C17H22N4O2/c1-12-3-4-14(10-18-12)13-5-7-21(8-6-13)16-9-17(22)20-15(19-16)11-23-2/h3-4,9-10,13H,5-8,11H2,1-2H3,(H,19,20,22). The third-order valence-electron chi connectivity index (χ3n) is 4.28. The molecule has 0 spiro atoms.